The van der Waals surface area contributed by atoms with Crippen LogP contribution in [-0.4, -0.2) is 0 Å². The lowest BCUT2D eigenvalue weighted by atomic mass is 10.1. The molecule has 0 bridgehead atoms. The lowest BCUT2D eigenvalue weighted by molar-refractivity contribution is 0.483. The highest BCUT2D eigenvalue weighted by Crippen LogP contribution is 2.29. The minimum atomic E-state index is 0.572. The van der Waals surface area contributed by atoms with Gasteiger partial charge >= 0.3 is 0 Å². The van der Waals surface area contributed by atoms with E-state index in [9.17, 15) is 0 Å². The molecule has 3 heteroatoms. The quantitative estimate of drug-likeness (QED) is 0.658. The van der Waals surface area contributed by atoms with Crippen molar-refractivity contribution < 1.29 is 4.74 Å². The van der Waals surface area contributed by atoms with Crippen LogP contribution in [0.3, 0.4) is 0 Å². The van der Waals surface area contributed by atoms with E-state index >= 15 is 0 Å². The SMILES string of the molecule is Nc1cc(-c2ccc(Oc3ccccc3)cc2)ccc1Cl. The van der Waals surface area contributed by atoms with Crippen LogP contribution in [0.1, 0.15) is 0 Å². The Labute approximate surface area is 128 Å². The van der Waals surface area contributed by atoms with Gasteiger partial charge in [0.05, 0.1) is 10.7 Å². The molecule has 3 aromatic carbocycles. The third-order valence-electron chi connectivity index (χ3n) is 3.16. The van der Waals surface area contributed by atoms with Crippen molar-refractivity contribution in [1.82, 2.24) is 0 Å². The summed E-state index contributed by atoms with van der Waals surface area (Å²) < 4.78 is 5.77. The Hall–Kier alpha value is -2.45. The molecular weight excluding hydrogens is 282 g/mol. The Balaban J connectivity index is 1.82. The Morgan fingerprint density at radius 1 is 0.714 bits per heavy atom. The number of para-hydroxylation sites is 1. The highest BCUT2D eigenvalue weighted by atomic mass is 35.5. The number of nitrogen functional groups attached to an aromatic ring is 1. The zero-order chi connectivity index (χ0) is 14.7. The number of halogens is 1. The first-order valence-corrected chi connectivity index (χ1v) is 6.98. The average molecular weight is 296 g/mol. The Kier molecular flexibility index (Phi) is 3.80. The molecule has 0 spiro atoms. The standard InChI is InChI=1S/C18H14ClNO/c19-17-11-8-14(12-18(17)20)13-6-9-16(10-7-13)21-15-4-2-1-3-5-15/h1-12H,20H2. The van der Waals surface area contributed by atoms with Crippen molar-refractivity contribution in [3.8, 4) is 22.6 Å². The molecule has 0 aromatic heterocycles. The molecule has 0 amide bonds. The maximum absolute atomic E-state index is 5.94. The van der Waals surface area contributed by atoms with E-state index in [-0.39, 0.29) is 0 Å². The number of nitrogens with two attached hydrogens (primary N) is 1. The summed E-state index contributed by atoms with van der Waals surface area (Å²) in [6.45, 7) is 0. The number of hydrogen-bond acceptors (Lipinski definition) is 2. The van der Waals surface area contributed by atoms with Crippen molar-refractivity contribution in [2.24, 2.45) is 0 Å². The topological polar surface area (TPSA) is 35.2 Å². The van der Waals surface area contributed by atoms with Gasteiger partial charge in [0, 0.05) is 0 Å². The third-order valence-corrected chi connectivity index (χ3v) is 3.51. The number of rotatable bonds is 3. The van der Waals surface area contributed by atoms with Gasteiger partial charge in [-0.15, -0.1) is 0 Å². The van der Waals surface area contributed by atoms with E-state index in [2.05, 4.69) is 0 Å². The van der Waals surface area contributed by atoms with Crippen LogP contribution >= 0.6 is 11.6 Å². The van der Waals surface area contributed by atoms with E-state index in [1.54, 1.807) is 6.07 Å². The summed E-state index contributed by atoms with van der Waals surface area (Å²) in [7, 11) is 0. The Morgan fingerprint density at radius 3 is 2.00 bits per heavy atom. The van der Waals surface area contributed by atoms with Crippen molar-refractivity contribution >= 4 is 17.3 Å². The number of ether oxygens (including phenoxy) is 1. The molecule has 2 N–H and O–H groups in total. The molecule has 0 saturated carbocycles. The van der Waals surface area contributed by atoms with Crippen LogP contribution in [0.5, 0.6) is 11.5 Å². The van der Waals surface area contributed by atoms with Crippen LogP contribution in [0.4, 0.5) is 5.69 Å². The fraction of sp³-hybridized carbons (Fsp3) is 0. The predicted octanol–water partition coefficient (Wildman–Crippen LogP) is 5.38. The van der Waals surface area contributed by atoms with Gasteiger partial charge in [0.1, 0.15) is 11.5 Å². The van der Waals surface area contributed by atoms with Gasteiger partial charge in [-0.3, -0.25) is 0 Å². The largest absolute Gasteiger partial charge is 0.457 e. The molecule has 0 saturated heterocycles. The monoisotopic (exact) mass is 295 g/mol. The molecule has 104 valence electrons. The van der Waals surface area contributed by atoms with Gasteiger partial charge in [0.2, 0.25) is 0 Å². The van der Waals surface area contributed by atoms with Crippen LogP contribution in [0.15, 0.2) is 72.8 Å². The maximum Gasteiger partial charge on any atom is 0.127 e. The van der Waals surface area contributed by atoms with E-state index in [4.69, 9.17) is 22.1 Å². The molecule has 2 nitrogen and oxygen atoms in total. The van der Waals surface area contributed by atoms with Crippen molar-refractivity contribution in [3.05, 3.63) is 77.8 Å². The average Bonchev–Trinajstić information content (AvgIpc) is 2.52. The van der Waals surface area contributed by atoms with E-state index in [0.717, 1.165) is 22.6 Å². The first kappa shape index (κ1) is 13.5. The van der Waals surface area contributed by atoms with Crippen molar-refractivity contribution in [2.45, 2.75) is 0 Å². The highest BCUT2D eigenvalue weighted by molar-refractivity contribution is 6.33. The second-order valence-electron chi connectivity index (χ2n) is 4.68. The smallest absolute Gasteiger partial charge is 0.127 e. The van der Waals surface area contributed by atoms with Crippen molar-refractivity contribution in [1.29, 1.82) is 0 Å². The van der Waals surface area contributed by atoms with E-state index in [1.165, 1.54) is 0 Å². The lowest BCUT2D eigenvalue weighted by Crippen LogP contribution is -1.88. The van der Waals surface area contributed by atoms with Crippen molar-refractivity contribution in [2.75, 3.05) is 5.73 Å². The number of anilines is 1. The molecule has 0 aliphatic carbocycles. The van der Waals surface area contributed by atoms with Gasteiger partial charge in [-0.25, -0.2) is 0 Å². The molecule has 0 radical (unpaired) electrons. The summed E-state index contributed by atoms with van der Waals surface area (Å²) in [6.07, 6.45) is 0. The highest BCUT2D eigenvalue weighted by Gasteiger charge is 2.02. The fourth-order valence-corrected chi connectivity index (χ4v) is 2.18. The summed E-state index contributed by atoms with van der Waals surface area (Å²) in [5.41, 5.74) is 8.51. The molecule has 21 heavy (non-hydrogen) atoms. The van der Waals surface area contributed by atoms with Gasteiger partial charge in [-0.2, -0.15) is 0 Å². The van der Waals surface area contributed by atoms with Crippen LogP contribution in [0.25, 0.3) is 11.1 Å². The summed E-state index contributed by atoms with van der Waals surface area (Å²) in [5, 5.41) is 0.572. The van der Waals surface area contributed by atoms with Crippen LogP contribution in [0.2, 0.25) is 5.02 Å². The van der Waals surface area contributed by atoms with Crippen molar-refractivity contribution in [3.63, 3.8) is 0 Å². The van der Waals surface area contributed by atoms with Crippen LogP contribution < -0.4 is 10.5 Å². The lowest BCUT2D eigenvalue weighted by Gasteiger charge is -2.08. The predicted molar refractivity (Wildman–Crippen MR) is 87.8 cm³/mol. The minimum absolute atomic E-state index is 0.572. The van der Waals surface area contributed by atoms with Gasteiger partial charge in [-0.1, -0.05) is 48.0 Å². The summed E-state index contributed by atoms with van der Waals surface area (Å²) >= 11 is 5.94. The molecule has 0 aliphatic heterocycles. The van der Waals surface area contributed by atoms with Crippen LogP contribution in [-0.2, 0) is 0 Å². The zero-order valence-corrected chi connectivity index (χ0v) is 12.0. The second kappa shape index (κ2) is 5.90. The number of benzene rings is 3. The Morgan fingerprint density at radius 2 is 1.33 bits per heavy atom. The first-order valence-electron chi connectivity index (χ1n) is 6.61. The first-order chi connectivity index (χ1) is 10.2. The molecule has 0 heterocycles. The maximum atomic E-state index is 5.94. The molecular formula is C18H14ClNO. The minimum Gasteiger partial charge on any atom is -0.457 e. The molecule has 0 aliphatic rings. The second-order valence-corrected chi connectivity index (χ2v) is 5.08. The van der Waals surface area contributed by atoms with Gasteiger partial charge in [0.15, 0.2) is 0 Å². The van der Waals surface area contributed by atoms with E-state index < -0.39 is 0 Å². The zero-order valence-electron chi connectivity index (χ0n) is 11.3. The van der Waals surface area contributed by atoms with E-state index in [1.807, 2.05) is 66.7 Å². The molecule has 0 unspecified atom stereocenters. The molecule has 0 atom stereocenters. The van der Waals surface area contributed by atoms with Gasteiger partial charge in [-0.05, 0) is 47.5 Å². The summed E-state index contributed by atoms with van der Waals surface area (Å²) in [4.78, 5) is 0. The van der Waals surface area contributed by atoms with Gasteiger partial charge < -0.3 is 10.5 Å². The number of hydrogen-bond donors (Lipinski definition) is 1. The molecule has 0 fully saturated rings. The fourth-order valence-electron chi connectivity index (χ4n) is 2.06. The summed E-state index contributed by atoms with van der Waals surface area (Å²) in [5.74, 6) is 1.62. The normalized spacial score (nSPS) is 10.3. The molecule has 3 rings (SSSR count). The van der Waals surface area contributed by atoms with Crippen LogP contribution in [0, 0.1) is 0 Å². The summed E-state index contributed by atoms with van der Waals surface area (Å²) in [6, 6.07) is 23.2. The third kappa shape index (κ3) is 3.18. The van der Waals surface area contributed by atoms with Gasteiger partial charge in [0.25, 0.3) is 0 Å². The molecule has 3 aromatic rings. The Bertz CT molecular complexity index is 739. The van der Waals surface area contributed by atoms with E-state index in [0.29, 0.717) is 10.7 Å².